The van der Waals surface area contributed by atoms with Crippen molar-refractivity contribution >= 4 is 62.2 Å². The minimum atomic E-state index is -0.251. The van der Waals surface area contributed by atoms with E-state index in [0.29, 0.717) is 53.5 Å². The molecule has 0 unspecified atom stereocenters. The molecule has 1 aliphatic heterocycles. The maximum absolute atomic E-state index is 12.9. The van der Waals surface area contributed by atoms with Crippen molar-refractivity contribution in [1.82, 2.24) is 4.90 Å². The molecule has 1 saturated heterocycles. The number of carbonyl (C=O) groups is 2. The van der Waals surface area contributed by atoms with E-state index in [1.807, 2.05) is 56.3 Å². The summed E-state index contributed by atoms with van der Waals surface area (Å²) in [5.74, 6) is 0.836. The van der Waals surface area contributed by atoms with Crippen LogP contribution in [0, 0.1) is 0 Å². The predicted octanol–water partition coefficient (Wildman–Crippen LogP) is 6.36. The van der Waals surface area contributed by atoms with Crippen molar-refractivity contribution < 1.29 is 23.8 Å². The number of halogens is 1. The lowest BCUT2D eigenvalue weighted by Gasteiger charge is -2.14. The molecule has 9 heteroatoms. The summed E-state index contributed by atoms with van der Waals surface area (Å²) in [6, 6.07) is 13.5. The fraction of sp³-hybridized carbons (Fsp3) is 0.346. The van der Waals surface area contributed by atoms with Gasteiger partial charge in [0.25, 0.3) is 5.91 Å². The number of hydrogen-bond acceptors (Lipinski definition) is 7. The largest absolute Gasteiger partial charge is 0.490 e. The van der Waals surface area contributed by atoms with E-state index in [-0.39, 0.29) is 18.3 Å². The molecule has 0 bridgehead atoms. The van der Waals surface area contributed by atoms with Gasteiger partial charge in [-0.1, -0.05) is 65.0 Å². The van der Waals surface area contributed by atoms with Gasteiger partial charge in [0.15, 0.2) is 11.5 Å². The quantitative estimate of drug-likeness (QED) is 0.165. The predicted molar refractivity (Wildman–Crippen MR) is 146 cm³/mol. The molecule has 0 saturated carbocycles. The van der Waals surface area contributed by atoms with E-state index in [1.54, 1.807) is 6.08 Å². The maximum Gasteiger partial charge on any atom is 0.305 e. The first-order chi connectivity index (χ1) is 16.9. The van der Waals surface area contributed by atoms with Crippen molar-refractivity contribution in [1.29, 1.82) is 0 Å². The van der Waals surface area contributed by atoms with Crippen molar-refractivity contribution in [3.05, 3.63) is 63.0 Å². The highest BCUT2D eigenvalue weighted by Gasteiger charge is 2.31. The Balaban J connectivity index is 1.64. The molecule has 0 aromatic heterocycles. The SMILES string of the molecule is CCCOC(=O)CCCN1C(=O)/C(=C\c2ccc(OCc3ccc(Br)cc3)c(OCC)c2)SC1=S. The molecule has 35 heavy (non-hydrogen) atoms. The van der Waals surface area contributed by atoms with Gasteiger partial charge in [-0.3, -0.25) is 14.5 Å². The van der Waals surface area contributed by atoms with Crippen LogP contribution in [0.5, 0.6) is 11.5 Å². The Morgan fingerprint density at radius 2 is 1.89 bits per heavy atom. The molecule has 0 N–H and O–H groups in total. The normalized spacial score (nSPS) is 14.5. The van der Waals surface area contributed by atoms with Crippen LogP contribution in [0.2, 0.25) is 0 Å². The molecule has 2 aromatic rings. The molecular weight excluding hydrogens is 550 g/mol. The van der Waals surface area contributed by atoms with E-state index in [4.69, 9.17) is 26.4 Å². The van der Waals surface area contributed by atoms with E-state index >= 15 is 0 Å². The average molecular weight is 579 g/mol. The molecule has 0 spiro atoms. The highest BCUT2D eigenvalue weighted by atomic mass is 79.9. The molecule has 2 aromatic carbocycles. The smallest absolute Gasteiger partial charge is 0.305 e. The number of esters is 1. The van der Waals surface area contributed by atoms with Crippen molar-refractivity contribution in [3.8, 4) is 11.5 Å². The van der Waals surface area contributed by atoms with Crippen molar-refractivity contribution in [2.45, 2.75) is 39.7 Å². The van der Waals surface area contributed by atoms with Crippen LogP contribution in [-0.2, 0) is 20.9 Å². The van der Waals surface area contributed by atoms with E-state index in [9.17, 15) is 9.59 Å². The third-order valence-corrected chi connectivity index (χ3v) is 6.88. The second kappa shape index (κ2) is 13.7. The van der Waals surface area contributed by atoms with Gasteiger partial charge in [0.05, 0.1) is 18.1 Å². The van der Waals surface area contributed by atoms with Crippen LogP contribution >= 0.6 is 39.9 Å². The molecule has 3 rings (SSSR count). The molecule has 1 heterocycles. The molecule has 1 fully saturated rings. The Hall–Kier alpha value is -2.36. The summed E-state index contributed by atoms with van der Waals surface area (Å²) in [6.45, 7) is 5.56. The summed E-state index contributed by atoms with van der Waals surface area (Å²) in [4.78, 5) is 26.7. The Kier molecular flexibility index (Phi) is 10.6. The third kappa shape index (κ3) is 8.08. The van der Waals surface area contributed by atoms with Crippen molar-refractivity contribution in [2.24, 2.45) is 0 Å². The summed E-state index contributed by atoms with van der Waals surface area (Å²) in [7, 11) is 0. The highest BCUT2D eigenvalue weighted by Crippen LogP contribution is 2.35. The number of ether oxygens (including phenoxy) is 3. The van der Waals surface area contributed by atoms with Gasteiger partial charge in [0.1, 0.15) is 10.9 Å². The fourth-order valence-electron chi connectivity index (χ4n) is 3.26. The van der Waals surface area contributed by atoms with Crippen LogP contribution in [-0.4, -0.2) is 40.9 Å². The number of rotatable bonds is 12. The van der Waals surface area contributed by atoms with Crippen LogP contribution in [0.25, 0.3) is 6.08 Å². The molecule has 0 radical (unpaired) electrons. The zero-order chi connectivity index (χ0) is 25.2. The molecular formula is C26H28BrNO5S2. The minimum absolute atomic E-state index is 0.157. The van der Waals surface area contributed by atoms with E-state index in [1.165, 1.54) is 16.7 Å². The summed E-state index contributed by atoms with van der Waals surface area (Å²) >= 11 is 10.1. The van der Waals surface area contributed by atoms with Crippen LogP contribution in [0.15, 0.2) is 51.8 Å². The Morgan fingerprint density at radius 1 is 1.11 bits per heavy atom. The first-order valence-electron chi connectivity index (χ1n) is 11.5. The number of thiocarbonyl (C=S) groups is 1. The first-order valence-corrected chi connectivity index (χ1v) is 13.5. The van der Waals surface area contributed by atoms with Crippen molar-refractivity contribution in [3.63, 3.8) is 0 Å². The van der Waals surface area contributed by atoms with E-state index in [2.05, 4.69) is 15.9 Å². The van der Waals surface area contributed by atoms with E-state index < -0.39 is 0 Å². The Labute approximate surface area is 224 Å². The monoisotopic (exact) mass is 577 g/mol. The zero-order valence-corrected chi connectivity index (χ0v) is 23.0. The third-order valence-electron chi connectivity index (χ3n) is 4.98. The topological polar surface area (TPSA) is 65.1 Å². The van der Waals surface area contributed by atoms with Gasteiger partial charge in [0, 0.05) is 17.4 Å². The first kappa shape index (κ1) is 27.2. The molecule has 0 aliphatic carbocycles. The number of carbonyl (C=O) groups excluding carboxylic acids is 2. The Bertz CT molecular complexity index is 1090. The summed E-state index contributed by atoms with van der Waals surface area (Å²) in [5, 5.41) is 0. The van der Waals surface area contributed by atoms with Crippen LogP contribution in [0.4, 0.5) is 0 Å². The maximum atomic E-state index is 12.9. The molecule has 186 valence electrons. The number of nitrogens with zero attached hydrogens (tertiary/aromatic N) is 1. The Morgan fingerprint density at radius 3 is 2.60 bits per heavy atom. The average Bonchev–Trinajstić information content (AvgIpc) is 3.10. The highest BCUT2D eigenvalue weighted by molar-refractivity contribution is 9.10. The van der Waals surface area contributed by atoms with Crippen LogP contribution in [0.1, 0.15) is 44.2 Å². The second-order valence-electron chi connectivity index (χ2n) is 7.71. The van der Waals surface area contributed by atoms with Gasteiger partial charge < -0.3 is 14.2 Å². The lowest BCUT2D eigenvalue weighted by Crippen LogP contribution is -2.29. The number of amides is 1. The van der Waals surface area contributed by atoms with Crippen LogP contribution < -0.4 is 9.47 Å². The van der Waals surface area contributed by atoms with Gasteiger partial charge in [-0.05, 0) is 61.2 Å². The molecule has 6 nitrogen and oxygen atoms in total. The number of hydrogen-bond donors (Lipinski definition) is 0. The van der Waals surface area contributed by atoms with Gasteiger partial charge >= 0.3 is 5.97 Å². The van der Waals surface area contributed by atoms with Crippen molar-refractivity contribution in [2.75, 3.05) is 19.8 Å². The standard InChI is InChI=1S/C26H28BrNO5S2/c1-3-14-32-24(29)6-5-13-28-25(30)23(35-26(28)34)16-19-9-12-21(22(15-19)31-4-2)33-17-18-7-10-20(27)11-8-18/h7-12,15-16H,3-6,13-14,17H2,1-2H3/b23-16+. The van der Waals surface area contributed by atoms with Gasteiger partial charge in [-0.2, -0.15) is 0 Å². The number of benzene rings is 2. The van der Waals surface area contributed by atoms with Gasteiger partial charge in [0.2, 0.25) is 0 Å². The molecule has 0 atom stereocenters. The van der Waals surface area contributed by atoms with Crippen LogP contribution in [0.3, 0.4) is 0 Å². The summed E-state index contributed by atoms with van der Waals surface area (Å²) in [6.07, 6.45) is 3.35. The zero-order valence-electron chi connectivity index (χ0n) is 19.8. The lowest BCUT2D eigenvalue weighted by molar-refractivity contribution is -0.144. The lowest BCUT2D eigenvalue weighted by atomic mass is 10.1. The van der Waals surface area contributed by atoms with Gasteiger partial charge in [-0.25, -0.2) is 0 Å². The van der Waals surface area contributed by atoms with Gasteiger partial charge in [-0.15, -0.1) is 0 Å². The second-order valence-corrected chi connectivity index (χ2v) is 10.3. The molecule has 1 amide bonds. The molecule has 1 aliphatic rings. The fourth-order valence-corrected chi connectivity index (χ4v) is 4.83. The van der Waals surface area contributed by atoms with E-state index in [0.717, 1.165) is 22.0 Å². The summed E-state index contributed by atoms with van der Waals surface area (Å²) in [5.41, 5.74) is 1.86. The number of thioether (sulfide) groups is 1. The summed E-state index contributed by atoms with van der Waals surface area (Å²) < 4.78 is 18.4. The minimum Gasteiger partial charge on any atom is -0.490 e.